The van der Waals surface area contributed by atoms with E-state index >= 15 is 0 Å². The number of hydrogen-bond donors (Lipinski definition) is 0. The summed E-state index contributed by atoms with van der Waals surface area (Å²) in [7, 11) is 0. The first-order chi connectivity index (χ1) is 3.95. The predicted molar refractivity (Wildman–Crippen MR) is 34.6 cm³/mol. The van der Waals surface area contributed by atoms with Crippen molar-refractivity contribution in [2.45, 2.75) is 19.3 Å². The van der Waals surface area contributed by atoms with Gasteiger partial charge in [0.05, 0.1) is 0 Å². The number of allylic oxidation sites excluding steroid dienone is 4. The number of fused-ring (bicyclic) bond motifs is 1. The molecule has 0 aromatic carbocycles. The van der Waals surface area contributed by atoms with E-state index in [0.717, 1.165) is 5.92 Å². The van der Waals surface area contributed by atoms with E-state index in [1.54, 1.807) is 5.57 Å². The molecule has 0 amide bonds. The van der Waals surface area contributed by atoms with Gasteiger partial charge in [-0.1, -0.05) is 23.8 Å². The Morgan fingerprint density at radius 3 is 3.25 bits per heavy atom. The van der Waals surface area contributed by atoms with Crippen molar-refractivity contribution in [3.05, 3.63) is 23.8 Å². The van der Waals surface area contributed by atoms with Crippen molar-refractivity contribution in [2.24, 2.45) is 5.92 Å². The molecule has 2 aliphatic carbocycles. The second-order valence-corrected chi connectivity index (χ2v) is 2.66. The molecule has 2 aliphatic rings. The Morgan fingerprint density at radius 2 is 2.50 bits per heavy atom. The molecule has 0 nitrogen and oxygen atoms in total. The molecule has 0 heterocycles. The first-order valence-corrected chi connectivity index (χ1v) is 3.34. The normalized spacial score (nSPS) is 33.0. The largest absolute Gasteiger partial charge is 0.0773 e. The maximum absolute atomic E-state index is 2.39. The van der Waals surface area contributed by atoms with Crippen LogP contribution in [-0.4, -0.2) is 0 Å². The van der Waals surface area contributed by atoms with Gasteiger partial charge in [0.15, 0.2) is 0 Å². The SMILES string of the molecule is C1=C[C@@H]2C=C1CCC2. The van der Waals surface area contributed by atoms with Gasteiger partial charge in [-0.25, -0.2) is 0 Å². The summed E-state index contributed by atoms with van der Waals surface area (Å²) in [5, 5.41) is 0. The summed E-state index contributed by atoms with van der Waals surface area (Å²) in [6, 6.07) is 0. The summed E-state index contributed by atoms with van der Waals surface area (Å²) in [5.74, 6) is 0.818. The zero-order valence-corrected chi connectivity index (χ0v) is 4.93. The number of rotatable bonds is 0. The van der Waals surface area contributed by atoms with E-state index < -0.39 is 0 Å². The molecule has 2 rings (SSSR count). The Kier molecular flexibility index (Phi) is 0.806. The lowest BCUT2D eigenvalue weighted by Gasteiger charge is -2.08. The zero-order valence-electron chi connectivity index (χ0n) is 4.93. The summed E-state index contributed by atoms with van der Waals surface area (Å²) < 4.78 is 0. The summed E-state index contributed by atoms with van der Waals surface area (Å²) in [6.45, 7) is 0. The maximum atomic E-state index is 2.39. The molecule has 0 radical (unpaired) electrons. The molecule has 0 aromatic heterocycles. The molecular formula is C8H10. The van der Waals surface area contributed by atoms with Crippen molar-refractivity contribution >= 4 is 0 Å². The molecular weight excluding hydrogens is 96.1 g/mol. The molecule has 0 heteroatoms. The van der Waals surface area contributed by atoms with Crippen molar-refractivity contribution in [3.63, 3.8) is 0 Å². The van der Waals surface area contributed by atoms with Crippen LogP contribution in [0.3, 0.4) is 0 Å². The zero-order chi connectivity index (χ0) is 5.40. The average Bonchev–Trinajstić information content (AvgIpc) is 2.12. The third-order valence-electron chi connectivity index (χ3n) is 1.99. The van der Waals surface area contributed by atoms with Gasteiger partial charge >= 0.3 is 0 Å². The highest BCUT2D eigenvalue weighted by atomic mass is 14.2. The van der Waals surface area contributed by atoms with Crippen LogP contribution in [0.2, 0.25) is 0 Å². The molecule has 0 aliphatic heterocycles. The van der Waals surface area contributed by atoms with Crippen molar-refractivity contribution in [2.75, 3.05) is 0 Å². The fraction of sp³-hybridized carbons (Fsp3) is 0.500. The standard InChI is InChI=1S/C8H10/c1-2-7-4-5-8(3-1)6-7/h4-7H,1-3H2/t7-/m1/s1. The number of hydrogen-bond acceptors (Lipinski definition) is 0. The van der Waals surface area contributed by atoms with Gasteiger partial charge < -0.3 is 0 Å². The highest BCUT2D eigenvalue weighted by molar-refractivity contribution is 5.30. The van der Waals surface area contributed by atoms with Crippen molar-refractivity contribution in [1.29, 1.82) is 0 Å². The predicted octanol–water partition coefficient (Wildman–Crippen LogP) is 2.28. The van der Waals surface area contributed by atoms with E-state index in [1.807, 2.05) is 0 Å². The minimum Gasteiger partial charge on any atom is -0.0773 e. The lowest BCUT2D eigenvalue weighted by molar-refractivity contribution is 0.637. The van der Waals surface area contributed by atoms with Crippen molar-refractivity contribution in [3.8, 4) is 0 Å². The minimum atomic E-state index is 0.818. The van der Waals surface area contributed by atoms with Gasteiger partial charge in [-0.2, -0.15) is 0 Å². The summed E-state index contributed by atoms with van der Waals surface area (Å²) in [4.78, 5) is 0. The van der Waals surface area contributed by atoms with Crippen LogP contribution in [0, 0.1) is 5.92 Å². The highest BCUT2D eigenvalue weighted by Gasteiger charge is 2.13. The monoisotopic (exact) mass is 106 g/mol. The molecule has 0 N–H and O–H groups in total. The lowest BCUT2D eigenvalue weighted by Crippen LogP contribution is -1.93. The van der Waals surface area contributed by atoms with Gasteiger partial charge in [0.25, 0.3) is 0 Å². The Labute approximate surface area is 49.9 Å². The van der Waals surface area contributed by atoms with Crippen LogP contribution in [-0.2, 0) is 0 Å². The summed E-state index contributed by atoms with van der Waals surface area (Å²) in [6.07, 6.45) is 11.1. The lowest BCUT2D eigenvalue weighted by atomic mass is 9.97. The molecule has 42 valence electrons. The van der Waals surface area contributed by atoms with Crippen LogP contribution in [0.4, 0.5) is 0 Å². The molecule has 0 saturated carbocycles. The fourth-order valence-corrected chi connectivity index (χ4v) is 1.52. The maximum Gasteiger partial charge on any atom is -0.00444 e. The molecule has 0 unspecified atom stereocenters. The molecule has 2 bridgehead atoms. The van der Waals surface area contributed by atoms with E-state index in [1.165, 1.54) is 19.3 Å². The quantitative estimate of drug-likeness (QED) is 0.444. The van der Waals surface area contributed by atoms with Crippen molar-refractivity contribution < 1.29 is 0 Å². The fourth-order valence-electron chi connectivity index (χ4n) is 1.52. The third-order valence-corrected chi connectivity index (χ3v) is 1.99. The van der Waals surface area contributed by atoms with Crippen molar-refractivity contribution in [1.82, 2.24) is 0 Å². The van der Waals surface area contributed by atoms with E-state index in [4.69, 9.17) is 0 Å². The van der Waals surface area contributed by atoms with E-state index in [0.29, 0.717) is 0 Å². The molecule has 8 heavy (non-hydrogen) atoms. The van der Waals surface area contributed by atoms with Gasteiger partial charge in [-0.3, -0.25) is 0 Å². The smallest absolute Gasteiger partial charge is 0.00444 e. The second kappa shape index (κ2) is 1.48. The van der Waals surface area contributed by atoms with Gasteiger partial charge in [0, 0.05) is 0 Å². The van der Waals surface area contributed by atoms with Crippen LogP contribution in [0.1, 0.15) is 19.3 Å². The highest BCUT2D eigenvalue weighted by Crippen LogP contribution is 2.29. The first kappa shape index (κ1) is 4.37. The molecule has 0 aromatic rings. The average molecular weight is 106 g/mol. The molecule has 0 fully saturated rings. The first-order valence-electron chi connectivity index (χ1n) is 3.34. The topological polar surface area (TPSA) is 0 Å². The Hall–Kier alpha value is -0.520. The molecule has 0 saturated heterocycles. The second-order valence-electron chi connectivity index (χ2n) is 2.66. The molecule has 0 spiro atoms. The van der Waals surface area contributed by atoms with Crippen LogP contribution >= 0.6 is 0 Å². The summed E-state index contributed by atoms with van der Waals surface area (Å²) in [5.41, 5.74) is 1.57. The van der Waals surface area contributed by atoms with Crippen LogP contribution in [0.25, 0.3) is 0 Å². The third kappa shape index (κ3) is 0.525. The summed E-state index contributed by atoms with van der Waals surface area (Å²) >= 11 is 0. The molecule has 1 atom stereocenters. The van der Waals surface area contributed by atoms with Crippen LogP contribution in [0.5, 0.6) is 0 Å². The van der Waals surface area contributed by atoms with E-state index in [9.17, 15) is 0 Å². The Balaban J connectivity index is 2.31. The van der Waals surface area contributed by atoms with Crippen LogP contribution < -0.4 is 0 Å². The van der Waals surface area contributed by atoms with Gasteiger partial charge in [-0.05, 0) is 25.2 Å². The van der Waals surface area contributed by atoms with Gasteiger partial charge in [0.2, 0.25) is 0 Å². The van der Waals surface area contributed by atoms with E-state index in [-0.39, 0.29) is 0 Å². The Morgan fingerprint density at radius 1 is 1.50 bits per heavy atom. The minimum absolute atomic E-state index is 0.818. The van der Waals surface area contributed by atoms with Gasteiger partial charge in [0.1, 0.15) is 0 Å². The van der Waals surface area contributed by atoms with Crippen LogP contribution in [0.15, 0.2) is 23.8 Å². The van der Waals surface area contributed by atoms with E-state index in [2.05, 4.69) is 18.2 Å². The Bertz CT molecular complexity index is 151. The van der Waals surface area contributed by atoms with Gasteiger partial charge in [-0.15, -0.1) is 0 Å².